The molecule has 2 amide bonds. The molecule has 1 fully saturated rings. The van der Waals surface area contributed by atoms with Gasteiger partial charge in [-0.1, -0.05) is 19.8 Å². The number of hydrogen-bond donors (Lipinski definition) is 1. The van der Waals surface area contributed by atoms with Gasteiger partial charge in [-0.15, -0.1) is 0 Å². The average molecular weight is 240 g/mol. The average Bonchev–Trinajstić information content (AvgIpc) is 2.41. The van der Waals surface area contributed by atoms with Crippen LogP contribution in [0.1, 0.15) is 59.8 Å². The molecule has 1 atom stereocenters. The molecular formula is C14H28N2O. The lowest BCUT2D eigenvalue weighted by Crippen LogP contribution is -2.48. The molecule has 1 N–H and O–H groups in total. The first-order valence-electron chi connectivity index (χ1n) is 6.99. The molecule has 0 aromatic carbocycles. The molecular weight excluding hydrogens is 212 g/mol. The van der Waals surface area contributed by atoms with Crippen LogP contribution >= 0.6 is 0 Å². The van der Waals surface area contributed by atoms with Crippen molar-refractivity contribution in [3.8, 4) is 0 Å². The zero-order valence-corrected chi connectivity index (χ0v) is 11.9. The Morgan fingerprint density at radius 3 is 2.59 bits per heavy atom. The first-order chi connectivity index (χ1) is 7.92. The van der Waals surface area contributed by atoms with Crippen LogP contribution in [0.3, 0.4) is 0 Å². The van der Waals surface area contributed by atoms with Gasteiger partial charge in [0.2, 0.25) is 0 Å². The molecule has 0 aromatic rings. The molecule has 0 saturated carbocycles. The normalized spacial score (nSPS) is 22.1. The van der Waals surface area contributed by atoms with Crippen molar-refractivity contribution in [3.05, 3.63) is 0 Å². The molecule has 1 saturated heterocycles. The summed E-state index contributed by atoms with van der Waals surface area (Å²) in [4.78, 5) is 14.0. The Labute approximate surface area is 106 Å². The summed E-state index contributed by atoms with van der Waals surface area (Å²) in [6.07, 6.45) is 6.19. The summed E-state index contributed by atoms with van der Waals surface area (Å²) in [5.41, 5.74) is -0.133. The summed E-state index contributed by atoms with van der Waals surface area (Å²) in [6.45, 7) is 10.2. The third kappa shape index (κ3) is 5.42. The second-order valence-corrected chi connectivity index (χ2v) is 6.25. The molecule has 1 heterocycles. The molecule has 100 valence electrons. The molecule has 0 aliphatic carbocycles. The van der Waals surface area contributed by atoms with E-state index in [0.717, 1.165) is 25.4 Å². The Kier molecular flexibility index (Phi) is 5.29. The largest absolute Gasteiger partial charge is 0.333 e. The third-order valence-electron chi connectivity index (χ3n) is 3.31. The quantitative estimate of drug-likeness (QED) is 0.788. The number of nitrogens with zero attached hydrogens (tertiary/aromatic N) is 1. The highest BCUT2D eigenvalue weighted by atomic mass is 16.2. The lowest BCUT2D eigenvalue weighted by Gasteiger charge is -2.27. The van der Waals surface area contributed by atoms with E-state index in [0.29, 0.717) is 0 Å². The smallest absolute Gasteiger partial charge is 0.317 e. The van der Waals surface area contributed by atoms with Crippen LogP contribution in [0.2, 0.25) is 0 Å². The van der Waals surface area contributed by atoms with E-state index in [-0.39, 0.29) is 11.6 Å². The fourth-order valence-corrected chi connectivity index (χ4v) is 2.47. The number of amides is 2. The number of carbonyl (C=O) groups excluding carboxylic acids is 1. The first-order valence-corrected chi connectivity index (χ1v) is 6.99. The SMILES string of the molecule is CCCC1CCCN(C(=O)NC(C)(C)C)CC1. The van der Waals surface area contributed by atoms with Crippen LogP contribution in [-0.4, -0.2) is 29.6 Å². The number of nitrogens with one attached hydrogen (secondary N) is 1. The van der Waals surface area contributed by atoms with Gasteiger partial charge in [0.1, 0.15) is 0 Å². The minimum Gasteiger partial charge on any atom is -0.333 e. The first kappa shape index (κ1) is 14.3. The molecule has 1 aliphatic heterocycles. The van der Waals surface area contributed by atoms with Gasteiger partial charge in [-0.3, -0.25) is 0 Å². The molecule has 1 aliphatic rings. The van der Waals surface area contributed by atoms with E-state index in [1.54, 1.807) is 0 Å². The maximum atomic E-state index is 12.0. The monoisotopic (exact) mass is 240 g/mol. The van der Waals surface area contributed by atoms with Crippen molar-refractivity contribution in [2.24, 2.45) is 5.92 Å². The Hall–Kier alpha value is -0.730. The van der Waals surface area contributed by atoms with Crippen molar-refractivity contribution in [1.29, 1.82) is 0 Å². The zero-order chi connectivity index (χ0) is 12.9. The van der Waals surface area contributed by atoms with E-state index in [1.807, 2.05) is 25.7 Å². The van der Waals surface area contributed by atoms with Gasteiger partial charge in [0, 0.05) is 18.6 Å². The Bertz CT molecular complexity index is 245. The van der Waals surface area contributed by atoms with E-state index >= 15 is 0 Å². The zero-order valence-electron chi connectivity index (χ0n) is 11.9. The lowest BCUT2D eigenvalue weighted by atomic mass is 9.96. The minimum absolute atomic E-state index is 0.106. The Balaban J connectivity index is 2.43. The van der Waals surface area contributed by atoms with E-state index in [4.69, 9.17) is 0 Å². The van der Waals surface area contributed by atoms with Crippen LogP contribution < -0.4 is 5.32 Å². The Morgan fingerprint density at radius 1 is 1.29 bits per heavy atom. The highest BCUT2D eigenvalue weighted by Gasteiger charge is 2.22. The summed E-state index contributed by atoms with van der Waals surface area (Å²) in [7, 11) is 0. The second-order valence-electron chi connectivity index (χ2n) is 6.25. The number of hydrogen-bond acceptors (Lipinski definition) is 1. The van der Waals surface area contributed by atoms with E-state index in [9.17, 15) is 4.79 Å². The van der Waals surface area contributed by atoms with Crippen molar-refractivity contribution in [1.82, 2.24) is 10.2 Å². The van der Waals surface area contributed by atoms with E-state index in [1.165, 1.54) is 25.7 Å². The number of urea groups is 1. The molecule has 0 aromatic heterocycles. The van der Waals surface area contributed by atoms with Crippen LogP contribution in [-0.2, 0) is 0 Å². The van der Waals surface area contributed by atoms with Gasteiger partial charge >= 0.3 is 6.03 Å². The third-order valence-corrected chi connectivity index (χ3v) is 3.31. The van der Waals surface area contributed by atoms with Crippen LogP contribution in [0.4, 0.5) is 4.79 Å². The van der Waals surface area contributed by atoms with Gasteiger partial charge in [-0.2, -0.15) is 0 Å². The second kappa shape index (κ2) is 6.27. The van der Waals surface area contributed by atoms with Gasteiger partial charge in [0.15, 0.2) is 0 Å². The van der Waals surface area contributed by atoms with E-state index < -0.39 is 0 Å². The van der Waals surface area contributed by atoms with Crippen LogP contribution in [0.15, 0.2) is 0 Å². The number of likely N-dealkylation sites (tertiary alicyclic amines) is 1. The number of carbonyl (C=O) groups is 1. The number of rotatable bonds is 2. The molecule has 3 heteroatoms. The highest BCUT2D eigenvalue weighted by Crippen LogP contribution is 2.22. The fourth-order valence-electron chi connectivity index (χ4n) is 2.47. The maximum Gasteiger partial charge on any atom is 0.317 e. The van der Waals surface area contributed by atoms with Crippen LogP contribution in [0.5, 0.6) is 0 Å². The van der Waals surface area contributed by atoms with Crippen molar-refractivity contribution in [2.75, 3.05) is 13.1 Å². The van der Waals surface area contributed by atoms with Crippen molar-refractivity contribution >= 4 is 6.03 Å². The molecule has 0 radical (unpaired) electrons. The standard InChI is InChI=1S/C14H28N2O/c1-5-7-12-8-6-10-16(11-9-12)13(17)15-14(2,3)4/h12H,5-11H2,1-4H3,(H,15,17). The maximum absolute atomic E-state index is 12.0. The van der Waals surface area contributed by atoms with Crippen molar-refractivity contribution < 1.29 is 4.79 Å². The predicted octanol–water partition coefficient (Wildman–Crippen LogP) is 3.40. The minimum atomic E-state index is -0.133. The molecule has 3 nitrogen and oxygen atoms in total. The van der Waals surface area contributed by atoms with Gasteiger partial charge in [-0.05, 0) is 46.0 Å². The fraction of sp³-hybridized carbons (Fsp3) is 0.929. The van der Waals surface area contributed by atoms with Gasteiger partial charge < -0.3 is 10.2 Å². The van der Waals surface area contributed by atoms with Gasteiger partial charge in [0.25, 0.3) is 0 Å². The topological polar surface area (TPSA) is 32.3 Å². The van der Waals surface area contributed by atoms with Crippen molar-refractivity contribution in [2.45, 2.75) is 65.3 Å². The van der Waals surface area contributed by atoms with Crippen molar-refractivity contribution in [3.63, 3.8) is 0 Å². The van der Waals surface area contributed by atoms with Crippen LogP contribution in [0, 0.1) is 5.92 Å². The molecule has 0 bridgehead atoms. The molecule has 1 rings (SSSR count). The van der Waals surface area contributed by atoms with Crippen LogP contribution in [0.25, 0.3) is 0 Å². The molecule has 1 unspecified atom stereocenters. The summed E-state index contributed by atoms with van der Waals surface area (Å²) >= 11 is 0. The Morgan fingerprint density at radius 2 is 2.00 bits per heavy atom. The molecule has 0 spiro atoms. The summed E-state index contributed by atoms with van der Waals surface area (Å²) in [6, 6.07) is 0.106. The summed E-state index contributed by atoms with van der Waals surface area (Å²) in [5.74, 6) is 0.826. The predicted molar refractivity (Wildman–Crippen MR) is 72.1 cm³/mol. The lowest BCUT2D eigenvalue weighted by molar-refractivity contribution is 0.190. The summed E-state index contributed by atoms with van der Waals surface area (Å²) in [5, 5.41) is 3.05. The van der Waals surface area contributed by atoms with Gasteiger partial charge in [0.05, 0.1) is 0 Å². The van der Waals surface area contributed by atoms with Gasteiger partial charge in [-0.25, -0.2) is 4.79 Å². The molecule has 17 heavy (non-hydrogen) atoms. The van der Waals surface area contributed by atoms with E-state index in [2.05, 4.69) is 12.2 Å². The summed E-state index contributed by atoms with van der Waals surface area (Å²) < 4.78 is 0. The highest BCUT2D eigenvalue weighted by molar-refractivity contribution is 5.74.